The number of aryl methyl sites for hydroxylation is 2. The maximum atomic E-state index is 11.3. The first-order chi connectivity index (χ1) is 13.7. The van der Waals surface area contributed by atoms with Crippen LogP contribution in [0.1, 0.15) is 35.6 Å². The molecule has 0 saturated carbocycles. The molecule has 142 valence electrons. The Morgan fingerprint density at radius 1 is 0.964 bits per heavy atom. The molecule has 3 heteroatoms. The molecule has 3 aromatic carbocycles. The second-order valence-electron chi connectivity index (χ2n) is 7.14. The molecule has 0 aliphatic heterocycles. The van der Waals surface area contributed by atoms with Gasteiger partial charge in [-0.3, -0.25) is 4.79 Å². The van der Waals surface area contributed by atoms with Crippen LogP contribution in [0.4, 0.5) is 0 Å². The van der Waals surface area contributed by atoms with E-state index in [1.165, 1.54) is 29.4 Å². The van der Waals surface area contributed by atoms with Crippen molar-refractivity contribution < 1.29 is 14.3 Å². The first-order valence-electron chi connectivity index (χ1n) is 9.73. The van der Waals surface area contributed by atoms with E-state index in [4.69, 9.17) is 9.47 Å². The highest BCUT2D eigenvalue weighted by Gasteiger charge is 2.24. The van der Waals surface area contributed by atoms with Crippen LogP contribution in [-0.2, 0) is 22.4 Å². The molecular weight excluding hydrogens is 348 g/mol. The van der Waals surface area contributed by atoms with Gasteiger partial charge in [0, 0.05) is 6.42 Å². The third-order valence-corrected chi connectivity index (χ3v) is 5.32. The van der Waals surface area contributed by atoms with E-state index in [2.05, 4.69) is 42.5 Å². The molecule has 3 nitrogen and oxygen atoms in total. The zero-order valence-electron chi connectivity index (χ0n) is 16.1. The molecule has 1 aliphatic carbocycles. The van der Waals surface area contributed by atoms with Crippen molar-refractivity contribution in [3.8, 4) is 16.9 Å². The lowest BCUT2D eigenvalue weighted by Gasteiger charge is -2.16. The number of methoxy groups -OCH3 is 1. The highest BCUT2D eigenvalue weighted by Crippen LogP contribution is 2.37. The average molecular weight is 372 g/mol. The fraction of sp³-hybridized carbons (Fsp3) is 0.240. The van der Waals surface area contributed by atoms with Crippen molar-refractivity contribution in [3.05, 3.63) is 89.5 Å². The summed E-state index contributed by atoms with van der Waals surface area (Å²) in [7, 11) is 1.42. The third-order valence-electron chi connectivity index (χ3n) is 5.32. The number of rotatable bonds is 6. The van der Waals surface area contributed by atoms with Crippen LogP contribution >= 0.6 is 0 Å². The first kappa shape index (κ1) is 18.3. The average Bonchev–Trinajstić information content (AvgIpc) is 3.15. The van der Waals surface area contributed by atoms with Gasteiger partial charge in [0.25, 0.3) is 0 Å². The Bertz CT molecular complexity index is 945. The number of hydrogen-bond acceptors (Lipinski definition) is 3. The highest BCUT2D eigenvalue weighted by atomic mass is 16.5. The van der Waals surface area contributed by atoms with Gasteiger partial charge in [-0.2, -0.15) is 0 Å². The minimum absolute atomic E-state index is 0.0979. The maximum Gasteiger partial charge on any atom is 0.305 e. The smallest absolute Gasteiger partial charge is 0.305 e. The molecule has 0 saturated heterocycles. The van der Waals surface area contributed by atoms with Gasteiger partial charge in [-0.1, -0.05) is 60.7 Å². The van der Waals surface area contributed by atoms with Crippen LogP contribution in [0.3, 0.4) is 0 Å². The fourth-order valence-corrected chi connectivity index (χ4v) is 3.76. The minimum atomic E-state index is -0.183. The lowest BCUT2D eigenvalue weighted by molar-refractivity contribution is -0.140. The van der Waals surface area contributed by atoms with Crippen LogP contribution in [0.2, 0.25) is 0 Å². The number of carbonyl (C=O) groups is 1. The van der Waals surface area contributed by atoms with E-state index in [1.807, 2.05) is 30.3 Å². The quantitative estimate of drug-likeness (QED) is 0.534. The number of carbonyl (C=O) groups excluding carboxylic acids is 1. The number of hydrogen-bond donors (Lipinski definition) is 0. The highest BCUT2D eigenvalue weighted by molar-refractivity contribution is 5.69. The largest absolute Gasteiger partial charge is 0.486 e. The summed E-state index contributed by atoms with van der Waals surface area (Å²) in [6.45, 7) is 0. The predicted molar refractivity (Wildman–Crippen MR) is 110 cm³/mol. The van der Waals surface area contributed by atoms with E-state index < -0.39 is 0 Å². The summed E-state index contributed by atoms with van der Waals surface area (Å²) in [5.41, 5.74) is 6.28. The van der Waals surface area contributed by atoms with E-state index in [-0.39, 0.29) is 12.1 Å². The number of esters is 1. The molecule has 0 spiro atoms. The summed E-state index contributed by atoms with van der Waals surface area (Å²) in [4.78, 5) is 11.3. The lowest BCUT2D eigenvalue weighted by atomic mass is 10.0. The lowest BCUT2D eigenvalue weighted by Crippen LogP contribution is -2.04. The molecule has 28 heavy (non-hydrogen) atoms. The summed E-state index contributed by atoms with van der Waals surface area (Å²) in [5, 5.41) is 0. The molecular formula is C25H24O3. The van der Waals surface area contributed by atoms with Crippen molar-refractivity contribution in [1.29, 1.82) is 0 Å². The van der Waals surface area contributed by atoms with Gasteiger partial charge in [0.1, 0.15) is 11.9 Å². The van der Waals surface area contributed by atoms with Gasteiger partial charge in [0.2, 0.25) is 0 Å². The van der Waals surface area contributed by atoms with Crippen molar-refractivity contribution in [3.63, 3.8) is 0 Å². The standard InChI is InChI=1S/C25H24O3/c1-27-25(26)16-9-18-7-12-22(13-8-18)28-24-15-11-21-17-20(10-14-23(21)24)19-5-3-2-4-6-19/h2-8,10,12-14,17,24H,9,11,15-16H2,1H3. The molecule has 0 radical (unpaired) electrons. The first-order valence-corrected chi connectivity index (χ1v) is 9.73. The van der Waals surface area contributed by atoms with E-state index in [0.29, 0.717) is 12.8 Å². The molecule has 1 aliphatic rings. The van der Waals surface area contributed by atoms with Gasteiger partial charge >= 0.3 is 5.97 Å². The summed E-state index contributed by atoms with van der Waals surface area (Å²) >= 11 is 0. The molecule has 0 aromatic heterocycles. The van der Waals surface area contributed by atoms with Gasteiger partial charge in [0.15, 0.2) is 0 Å². The number of benzene rings is 3. The van der Waals surface area contributed by atoms with Gasteiger partial charge < -0.3 is 9.47 Å². The molecule has 0 heterocycles. The molecule has 3 aromatic rings. The van der Waals surface area contributed by atoms with Crippen LogP contribution in [0.5, 0.6) is 5.75 Å². The normalized spacial score (nSPS) is 15.1. The van der Waals surface area contributed by atoms with Crippen LogP contribution in [0.25, 0.3) is 11.1 Å². The molecule has 0 bridgehead atoms. The van der Waals surface area contributed by atoms with E-state index in [9.17, 15) is 4.79 Å². The number of ether oxygens (including phenoxy) is 2. The van der Waals surface area contributed by atoms with Crippen molar-refractivity contribution >= 4 is 5.97 Å². The molecule has 4 rings (SSSR count). The summed E-state index contributed by atoms with van der Waals surface area (Å²) < 4.78 is 10.9. The van der Waals surface area contributed by atoms with Crippen molar-refractivity contribution in [2.24, 2.45) is 0 Å². The Labute approximate surface area is 165 Å². The van der Waals surface area contributed by atoms with Crippen molar-refractivity contribution in [2.75, 3.05) is 7.11 Å². The van der Waals surface area contributed by atoms with E-state index in [1.54, 1.807) is 0 Å². The molecule has 1 unspecified atom stereocenters. The fourth-order valence-electron chi connectivity index (χ4n) is 3.76. The second kappa shape index (κ2) is 8.30. The van der Waals surface area contributed by atoms with Crippen LogP contribution in [0.15, 0.2) is 72.8 Å². The molecule has 0 amide bonds. The molecule has 1 atom stereocenters. The molecule has 0 fully saturated rings. The zero-order valence-corrected chi connectivity index (χ0v) is 16.1. The summed E-state index contributed by atoms with van der Waals surface area (Å²) in [5.74, 6) is 0.685. The Balaban J connectivity index is 1.43. The van der Waals surface area contributed by atoms with Crippen LogP contribution in [0, 0.1) is 0 Å². The van der Waals surface area contributed by atoms with Crippen LogP contribution < -0.4 is 4.74 Å². The summed E-state index contributed by atoms with van der Waals surface area (Å²) in [6.07, 6.45) is 3.22. The molecule has 0 N–H and O–H groups in total. The third kappa shape index (κ3) is 4.09. The topological polar surface area (TPSA) is 35.5 Å². The Kier molecular flexibility index (Phi) is 5.43. The van der Waals surface area contributed by atoms with Gasteiger partial charge in [-0.25, -0.2) is 0 Å². The van der Waals surface area contributed by atoms with E-state index in [0.717, 1.165) is 24.2 Å². The van der Waals surface area contributed by atoms with Crippen LogP contribution in [-0.4, -0.2) is 13.1 Å². The zero-order chi connectivity index (χ0) is 19.3. The van der Waals surface area contributed by atoms with E-state index >= 15 is 0 Å². The predicted octanol–water partition coefficient (Wildman–Crippen LogP) is 5.53. The van der Waals surface area contributed by atoms with Gasteiger partial charge in [-0.05, 0) is 59.2 Å². The Morgan fingerprint density at radius 2 is 1.75 bits per heavy atom. The summed E-state index contributed by atoms with van der Waals surface area (Å²) in [6, 6.07) is 25.2. The monoisotopic (exact) mass is 372 g/mol. The van der Waals surface area contributed by atoms with Crippen molar-refractivity contribution in [2.45, 2.75) is 31.8 Å². The second-order valence-corrected chi connectivity index (χ2v) is 7.14. The van der Waals surface area contributed by atoms with Crippen molar-refractivity contribution in [1.82, 2.24) is 0 Å². The Hall–Kier alpha value is -3.07. The minimum Gasteiger partial charge on any atom is -0.486 e. The Morgan fingerprint density at radius 3 is 2.50 bits per heavy atom. The number of fused-ring (bicyclic) bond motifs is 1. The SMILES string of the molecule is COC(=O)CCc1ccc(OC2CCc3cc(-c4ccccc4)ccc32)cc1. The van der Waals surface area contributed by atoms with Gasteiger partial charge in [0.05, 0.1) is 7.11 Å². The van der Waals surface area contributed by atoms with Gasteiger partial charge in [-0.15, -0.1) is 0 Å². The maximum absolute atomic E-state index is 11.3.